The van der Waals surface area contributed by atoms with E-state index in [0.29, 0.717) is 30.8 Å². The second-order valence-electron chi connectivity index (χ2n) is 8.16. The van der Waals surface area contributed by atoms with Crippen LogP contribution < -0.4 is 5.32 Å². The number of carbonyl (C=O) groups is 1. The number of rotatable bonds is 8. The van der Waals surface area contributed by atoms with Gasteiger partial charge in [-0.3, -0.25) is 9.78 Å². The highest BCUT2D eigenvalue weighted by atomic mass is 16.5. The van der Waals surface area contributed by atoms with E-state index in [1.807, 2.05) is 30.6 Å². The zero-order valence-corrected chi connectivity index (χ0v) is 17.7. The van der Waals surface area contributed by atoms with E-state index in [1.54, 1.807) is 7.11 Å². The summed E-state index contributed by atoms with van der Waals surface area (Å²) >= 11 is 0. The van der Waals surface area contributed by atoms with Crippen molar-refractivity contribution in [2.75, 3.05) is 20.3 Å². The summed E-state index contributed by atoms with van der Waals surface area (Å²) in [6.07, 6.45) is 8.54. The number of nitrogens with one attached hydrogen (secondary N) is 1. The number of aromatic nitrogens is 3. The van der Waals surface area contributed by atoms with Gasteiger partial charge < -0.3 is 10.1 Å². The minimum Gasteiger partial charge on any atom is -0.384 e. The van der Waals surface area contributed by atoms with Crippen LogP contribution in [0.5, 0.6) is 0 Å². The van der Waals surface area contributed by atoms with Crippen molar-refractivity contribution in [1.82, 2.24) is 20.3 Å². The molecule has 1 fully saturated rings. The molecule has 1 aliphatic rings. The van der Waals surface area contributed by atoms with Crippen LogP contribution in [-0.4, -0.2) is 41.1 Å². The second-order valence-corrected chi connectivity index (χ2v) is 8.16. The quantitative estimate of drug-likeness (QED) is 0.727. The number of hydrogen-bond donors (Lipinski definition) is 1. The molecule has 0 unspecified atom stereocenters. The molecule has 1 amide bonds. The second kappa shape index (κ2) is 10.4. The first-order valence-corrected chi connectivity index (χ1v) is 10.6. The molecule has 3 rings (SSSR count). The van der Waals surface area contributed by atoms with Gasteiger partial charge >= 0.3 is 0 Å². The number of carbonyl (C=O) groups excluding carboxylic acids is 1. The van der Waals surface area contributed by atoms with Crippen molar-refractivity contribution in [3.05, 3.63) is 42.1 Å². The van der Waals surface area contributed by atoms with Crippen molar-refractivity contribution in [3.63, 3.8) is 0 Å². The molecule has 0 spiro atoms. The van der Waals surface area contributed by atoms with Crippen molar-refractivity contribution >= 4 is 5.91 Å². The molecule has 6 nitrogen and oxygen atoms in total. The monoisotopic (exact) mass is 396 g/mol. The van der Waals surface area contributed by atoms with E-state index < -0.39 is 0 Å². The summed E-state index contributed by atoms with van der Waals surface area (Å²) in [4.78, 5) is 25.9. The number of amides is 1. The first-order chi connectivity index (χ1) is 14.1. The Morgan fingerprint density at radius 1 is 1.21 bits per heavy atom. The molecule has 1 saturated carbocycles. The van der Waals surface area contributed by atoms with Crippen LogP contribution >= 0.6 is 0 Å². The van der Waals surface area contributed by atoms with E-state index in [9.17, 15) is 4.79 Å². The fourth-order valence-electron chi connectivity index (χ4n) is 3.90. The molecule has 156 valence electrons. The Balaban J connectivity index is 1.68. The molecule has 6 heteroatoms. The van der Waals surface area contributed by atoms with Gasteiger partial charge in [0.05, 0.1) is 18.0 Å². The van der Waals surface area contributed by atoms with Crippen molar-refractivity contribution in [1.29, 1.82) is 0 Å². The van der Waals surface area contributed by atoms with Gasteiger partial charge in [-0.1, -0.05) is 19.9 Å². The van der Waals surface area contributed by atoms with Gasteiger partial charge in [-0.2, -0.15) is 0 Å². The van der Waals surface area contributed by atoms with Crippen molar-refractivity contribution in [2.24, 2.45) is 5.92 Å². The third-order valence-electron chi connectivity index (χ3n) is 5.65. The predicted molar refractivity (Wildman–Crippen MR) is 114 cm³/mol. The van der Waals surface area contributed by atoms with E-state index in [2.05, 4.69) is 29.1 Å². The molecule has 0 saturated heterocycles. The van der Waals surface area contributed by atoms with Crippen LogP contribution in [0.2, 0.25) is 0 Å². The molecule has 0 radical (unpaired) electrons. The first-order valence-electron chi connectivity index (χ1n) is 10.6. The highest BCUT2D eigenvalue weighted by Crippen LogP contribution is 2.38. The molecule has 1 N–H and O–H groups in total. The summed E-state index contributed by atoms with van der Waals surface area (Å²) < 4.78 is 4.96. The fraction of sp³-hybridized carbons (Fsp3) is 0.565. The molecular formula is C23H32N4O2. The largest absolute Gasteiger partial charge is 0.384 e. The summed E-state index contributed by atoms with van der Waals surface area (Å²) in [6.45, 7) is 5.48. The lowest BCUT2D eigenvalue weighted by molar-refractivity contribution is -0.122. The standard InChI is InChI=1S/C23H32N4O2/c1-16(2)23-26-15-19(20-6-4-5-12-24-20)22(27-23)18-9-7-17(8-10-18)14-25-21(28)11-13-29-3/h4-6,12,15-18H,7-11,13-14H2,1-3H3,(H,25,28). The van der Waals surface area contributed by atoms with Crippen LogP contribution in [0.4, 0.5) is 0 Å². The Bertz CT molecular complexity index is 787. The number of nitrogens with zero attached hydrogens (tertiary/aromatic N) is 3. The fourth-order valence-corrected chi connectivity index (χ4v) is 3.90. The number of methoxy groups -OCH3 is 1. The zero-order valence-electron chi connectivity index (χ0n) is 17.7. The van der Waals surface area contributed by atoms with Gasteiger partial charge in [0.2, 0.25) is 5.91 Å². The summed E-state index contributed by atoms with van der Waals surface area (Å²) in [6, 6.07) is 5.96. The highest BCUT2D eigenvalue weighted by molar-refractivity contribution is 5.75. The van der Waals surface area contributed by atoms with Crippen LogP contribution in [0.3, 0.4) is 0 Å². The molecular weight excluding hydrogens is 364 g/mol. The van der Waals surface area contributed by atoms with Gasteiger partial charge in [0.15, 0.2) is 0 Å². The summed E-state index contributed by atoms with van der Waals surface area (Å²) in [5.74, 6) is 2.21. The smallest absolute Gasteiger partial charge is 0.222 e. The molecule has 1 aliphatic carbocycles. The highest BCUT2D eigenvalue weighted by Gasteiger charge is 2.27. The minimum atomic E-state index is 0.0730. The van der Waals surface area contributed by atoms with E-state index in [-0.39, 0.29) is 5.91 Å². The van der Waals surface area contributed by atoms with Crippen molar-refractivity contribution in [2.45, 2.75) is 57.8 Å². The molecule has 0 aromatic carbocycles. The van der Waals surface area contributed by atoms with Gasteiger partial charge in [-0.15, -0.1) is 0 Å². The van der Waals surface area contributed by atoms with Crippen molar-refractivity contribution < 1.29 is 9.53 Å². The van der Waals surface area contributed by atoms with Gasteiger partial charge in [-0.05, 0) is 43.7 Å². The molecule has 0 atom stereocenters. The lowest BCUT2D eigenvalue weighted by Crippen LogP contribution is -2.31. The zero-order chi connectivity index (χ0) is 20.6. The summed E-state index contributed by atoms with van der Waals surface area (Å²) in [7, 11) is 1.62. The summed E-state index contributed by atoms with van der Waals surface area (Å²) in [5.41, 5.74) is 3.11. The topological polar surface area (TPSA) is 77.0 Å². The van der Waals surface area contributed by atoms with Crippen LogP contribution in [0.25, 0.3) is 11.3 Å². The average molecular weight is 397 g/mol. The predicted octanol–water partition coefficient (Wildman–Crippen LogP) is 4.09. The number of hydrogen-bond acceptors (Lipinski definition) is 5. The summed E-state index contributed by atoms with van der Waals surface area (Å²) in [5, 5.41) is 3.05. The van der Waals surface area contributed by atoms with Gasteiger partial charge in [0, 0.05) is 49.9 Å². The lowest BCUT2D eigenvalue weighted by atomic mass is 9.79. The van der Waals surface area contributed by atoms with E-state index in [4.69, 9.17) is 9.72 Å². The molecule has 2 aromatic heterocycles. The Morgan fingerprint density at radius 3 is 2.66 bits per heavy atom. The SMILES string of the molecule is COCCC(=O)NCC1CCC(c2nc(C(C)C)ncc2-c2ccccn2)CC1. The Hall–Kier alpha value is -2.34. The molecule has 0 bridgehead atoms. The van der Waals surface area contributed by atoms with E-state index in [1.165, 1.54) is 0 Å². The third-order valence-corrected chi connectivity index (χ3v) is 5.65. The normalized spacial score (nSPS) is 19.3. The Kier molecular flexibility index (Phi) is 7.69. The lowest BCUT2D eigenvalue weighted by Gasteiger charge is -2.29. The van der Waals surface area contributed by atoms with Crippen molar-refractivity contribution in [3.8, 4) is 11.3 Å². The number of pyridine rings is 1. The molecule has 2 heterocycles. The van der Waals surface area contributed by atoms with Gasteiger partial charge in [0.25, 0.3) is 0 Å². The third kappa shape index (κ3) is 5.82. The Labute approximate surface area is 173 Å². The van der Waals surface area contributed by atoms with Crippen LogP contribution in [0.1, 0.15) is 69.3 Å². The molecule has 29 heavy (non-hydrogen) atoms. The van der Waals surface area contributed by atoms with Crippen LogP contribution in [0, 0.1) is 5.92 Å². The maximum atomic E-state index is 11.8. The van der Waals surface area contributed by atoms with E-state index >= 15 is 0 Å². The van der Waals surface area contributed by atoms with Crippen LogP contribution in [-0.2, 0) is 9.53 Å². The first kappa shape index (κ1) is 21.4. The Morgan fingerprint density at radius 2 is 2.00 bits per heavy atom. The van der Waals surface area contributed by atoms with Gasteiger partial charge in [0.1, 0.15) is 5.82 Å². The van der Waals surface area contributed by atoms with E-state index in [0.717, 1.165) is 55.0 Å². The molecule has 0 aliphatic heterocycles. The minimum absolute atomic E-state index is 0.0730. The maximum Gasteiger partial charge on any atom is 0.222 e. The number of ether oxygens (including phenoxy) is 1. The average Bonchev–Trinajstić information content (AvgIpc) is 2.76. The van der Waals surface area contributed by atoms with Gasteiger partial charge in [-0.25, -0.2) is 9.97 Å². The maximum absolute atomic E-state index is 11.8. The van der Waals surface area contributed by atoms with Crippen LogP contribution in [0.15, 0.2) is 30.6 Å². The molecule has 2 aromatic rings.